The van der Waals surface area contributed by atoms with Gasteiger partial charge in [0.05, 0.1) is 0 Å². The fourth-order valence-electron chi connectivity index (χ4n) is 3.45. The number of rotatable bonds is 2. The Morgan fingerprint density at radius 1 is 0.696 bits per heavy atom. The van der Waals surface area contributed by atoms with E-state index < -0.39 is 7.71 Å². The first kappa shape index (κ1) is 16.2. The van der Waals surface area contributed by atoms with Crippen molar-refractivity contribution in [2.45, 2.75) is 34.2 Å². The van der Waals surface area contributed by atoms with Gasteiger partial charge in [0, 0.05) is 23.8 Å². The minimum atomic E-state index is -2.38. The SMILES string of the molecule is Cc1cccc(C)c1N1C=CN(c2c(C)cccc2C)[Si]1(C)Cl. The fraction of sp³-hybridized carbons (Fsp3) is 0.263. The van der Waals surface area contributed by atoms with Crippen molar-refractivity contribution in [3.63, 3.8) is 0 Å². The highest BCUT2D eigenvalue weighted by atomic mass is 35.6. The topological polar surface area (TPSA) is 6.48 Å². The van der Waals surface area contributed by atoms with Gasteiger partial charge in [-0.3, -0.25) is 0 Å². The van der Waals surface area contributed by atoms with Gasteiger partial charge in [-0.1, -0.05) is 36.4 Å². The Balaban J connectivity index is 2.09. The van der Waals surface area contributed by atoms with Crippen molar-refractivity contribution in [3.05, 3.63) is 71.1 Å². The van der Waals surface area contributed by atoms with Crippen LogP contribution in [0.1, 0.15) is 22.3 Å². The maximum atomic E-state index is 7.18. The lowest BCUT2D eigenvalue weighted by molar-refractivity contribution is 1.25. The summed E-state index contributed by atoms with van der Waals surface area (Å²) in [5, 5.41) is 0. The van der Waals surface area contributed by atoms with Gasteiger partial charge in [-0.2, -0.15) is 0 Å². The number of aryl methyl sites for hydroxylation is 4. The molecule has 0 N–H and O–H groups in total. The predicted molar refractivity (Wildman–Crippen MR) is 103 cm³/mol. The summed E-state index contributed by atoms with van der Waals surface area (Å²) in [5.74, 6) is 0. The summed E-state index contributed by atoms with van der Waals surface area (Å²) in [6.45, 7) is 10.8. The maximum Gasteiger partial charge on any atom is 0.370 e. The van der Waals surface area contributed by atoms with Gasteiger partial charge in [0.15, 0.2) is 0 Å². The Morgan fingerprint density at radius 3 is 1.30 bits per heavy atom. The van der Waals surface area contributed by atoms with Gasteiger partial charge in [0.25, 0.3) is 0 Å². The lowest BCUT2D eigenvalue weighted by Crippen LogP contribution is -2.53. The van der Waals surface area contributed by atoms with Crippen LogP contribution >= 0.6 is 11.1 Å². The van der Waals surface area contributed by atoms with Gasteiger partial charge in [-0.05, 0) is 56.5 Å². The van der Waals surface area contributed by atoms with E-state index in [4.69, 9.17) is 11.1 Å². The van der Waals surface area contributed by atoms with Crippen molar-refractivity contribution in [2.75, 3.05) is 9.13 Å². The van der Waals surface area contributed by atoms with Crippen LogP contribution in [0.25, 0.3) is 0 Å². The van der Waals surface area contributed by atoms with Gasteiger partial charge in [0.1, 0.15) is 0 Å². The first-order valence-electron chi connectivity index (χ1n) is 7.92. The third kappa shape index (κ3) is 2.58. The third-order valence-electron chi connectivity index (χ3n) is 4.60. The molecule has 0 fully saturated rings. The van der Waals surface area contributed by atoms with E-state index in [0.29, 0.717) is 0 Å². The second kappa shape index (κ2) is 5.73. The van der Waals surface area contributed by atoms with Crippen molar-refractivity contribution in [3.8, 4) is 0 Å². The van der Waals surface area contributed by atoms with Crippen LogP contribution in [0, 0.1) is 27.7 Å². The minimum absolute atomic E-state index is 1.24. The molecule has 0 atom stereocenters. The maximum absolute atomic E-state index is 7.18. The monoisotopic (exact) mass is 342 g/mol. The third-order valence-corrected chi connectivity index (χ3v) is 8.20. The van der Waals surface area contributed by atoms with Crippen molar-refractivity contribution >= 4 is 30.2 Å². The van der Waals surface area contributed by atoms with Crippen molar-refractivity contribution < 1.29 is 0 Å². The van der Waals surface area contributed by atoms with Gasteiger partial charge < -0.3 is 9.13 Å². The van der Waals surface area contributed by atoms with E-state index in [0.717, 1.165) is 0 Å². The predicted octanol–water partition coefficient (Wildman–Crippen LogP) is 5.53. The van der Waals surface area contributed by atoms with Crippen molar-refractivity contribution in [1.29, 1.82) is 0 Å². The first-order valence-corrected chi connectivity index (χ1v) is 11.3. The summed E-state index contributed by atoms with van der Waals surface area (Å²) in [5.41, 5.74) is 7.52. The summed E-state index contributed by atoms with van der Waals surface area (Å²) in [6.07, 6.45) is 4.28. The largest absolute Gasteiger partial charge is 0.370 e. The number of hydrogen-bond donors (Lipinski definition) is 0. The number of para-hydroxylation sites is 2. The van der Waals surface area contributed by atoms with E-state index in [1.165, 1.54) is 33.6 Å². The Hall–Kier alpha value is -1.71. The zero-order chi connectivity index (χ0) is 16.8. The normalized spacial score (nSPS) is 16.3. The quantitative estimate of drug-likeness (QED) is 0.523. The molecule has 1 aliphatic heterocycles. The molecular weight excluding hydrogens is 320 g/mol. The highest BCUT2D eigenvalue weighted by Crippen LogP contribution is 2.40. The molecular formula is C19H23ClN2Si. The molecule has 120 valence electrons. The highest BCUT2D eigenvalue weighted by molar-refractivity contribution is 7.24. The summed E-state index contributed by atoms with van der Waals surface area (Å²) in [6, 6.07) is 12.8. The summed E-state index contributed by atoms with van der Waals surface area (Å²) in [4.78, 5) is 0. The number of halogens is 1. The summed E-state index contributed by atoms with van der Waals surface area (Å²) >= 11 is 7.18. The molecule has 0 saturated carbocycles. The van der Waals surface area contributed by atoms with Crippen LogP contribution in [0.3, 0.4) is 0 Å². The second-order valence-corrected chi connectivity index (χ2v) is 11.3. The molecule has 0 aliphatic carbocycles. The Morgan fingerprint density at radius 2 is 1.00 bits per heavy atom. The van der Waals surface area contributed by atoms with Gasteiger partial charge in [-0.25, -0.2) is 0 Å². The molecule has 4 heteroatoms. The second-order valence-electron chi connectivity index (χ2n) is 6.42. The fourth-order valence-corrected chi connectivity index (χ4v) is 6.73. The molecule has 0 unspecified atom stereocenters. The molecule has 0 amide bonds. The molecule has 3 rings (SSSR count). The van der Waals surface area contributed by atoms with E-state index in [-0.39, 0.29) is 0 Å². The lowest BCUT2D eigenvalue weighted by atomic mass is 10.1. The van der Waals surface area contributed by atoms with E-state index in [2.05, 4.69) is 92.2 Å². The van der Waals surface area contributed by atoms with Gasteiger partial charge >= 0.3 is 7.71 Å². The van der Waals surface area contributed by atoms with Gasteiger partial charge in [-0.15, -0.1) is 11.1 Å². The highest BCUT2D eigenvalue weighted by Gasteiger charge is 2.45. The zero-order valence-electron chi connectivity index (χ0n) is 14.4. The number of anilines is 2. The van der Waals surface area contributed by atoms with Crippen LogP contribution in [-0.2, 0) is 0 Å². The summed E-state index contributed by atoms with van der Waals surface area (Å²) < 4.78 is 4.59. The lowest BCUT2D eigenvalue weighted by Gasteiger charge is -2.37. The average Bonchev–Trinajstić information content (AvgIpc) is 2.75. The number of benzene rings is 2. The Kier molecular flexibility index (Phi) is 4.03. The zero-order valence-corrected chi connectivity index (χ0v) is 16.1. The van der Waals surface area contributed by atoms with Crippen LogP contribution in [0.4, 0.5) is 11.4 Å². The van der Waals surface area contributed by atoms with E-state index in [9.17, 15) is 0 Å². The van der Waals surface area contributed by atoms with Crippen molar-refractivity contribution in [2.24, 2.45) is 0 Å². The number of hydrogen-bond acceptors (Lipinski definition) is 2. The average molecular weight is 343 g/mol. The van der Waals surface area contributed by atoms with Crippen LogP contribution in [0.15, 0.2) is 48.8 Å². The Bertz CT molecular complexity index is 679. The molecule has 23 heavy (non-hydrogen) atoms. The van der Waals surface area contributed by atoms with E-state index in [1.807, 2.05) is 0 Å². The van der Waals surface area contributed by atoms with Crippen LogP contribution < -0.4 is 9.13 Å². The first-order chi connectivity index (χ1) is 10.8. The summed E-state index contributed by atoms with van der Waals surface area (Å²) in [7, 11) is -2.38. The Labute approximate surface area is 144 Å². The van der Waals surface area contributed by atoms with E-state index in [1.54, 1.807) is 0 Å². The molecule has 0 spiro atoms. The van der Waals surface area contributed by atoms with Crippen LogP contribution in [0.2, 0.25) is 6.55 Å². The molecule has 1 aliphatic rings. The molecule has 2 aromatic rings. The molecule has 0 radical (unpaired) electrons. The minimum Gasteiger partial charge on any atom is -0.343 e. The molecule has 0 aromatic heterocycles. The van der Waals surface area contributed by atoms with Crippen LogP contribution in [0.5, 0.6) is 0 Å². The molecule has 0 saturated heterocycles. The molecule has 2 aromatic carbocycles. The van der Waals surface area contributed by atoms with Crippen molar-refractivity contribution in [1.82, 2.24) is 0 Å². The standard InChI is InChI=1S/C19H23ClN2Si/c1-14-8-6-9-15(2)18(14)21-12-13-22(23(21,5)20)19-16(3)10-7-11-17(19)4/h6-13H,1-5H3. The number of nitrogens with zero attached hydrogens (tertiary/aromatic N) is 2. The van der Waals surface area contributed by atoms with Crippen LogP contribution in [-0.4, -0.2) is 7.71 Å². The molecule has 1 heterocycles. The smallest absolute Gasteiger partial charge is 0.343 e. The van der Waals surface area contributed by atoms with E-state index >= 15 is 0 Å². The van der Waals surface area contributed by atoms with Gasteiger partial charge in [0.2, 0.25) is 0 Å². The molecule has 0 bridgehead atoms. The molecule has 2 nitrogen and oxygen atoms in total.